The summed E-state index contributed by atoms with van der Waals surface area (Å²) in [5, 5.41) is 11.6. The molecule has 0 aromatic carbocycles. The van der Waals surface area contributed by atoms with Gasteiger partial charge in [-0.05, 0) is 26.7 Å². The zero-order valence-electron chi connectivity index (χ0n) is 10.6. The molecule has 1 fully saturated rings. The highest BCUT2D eigenvalue weighted by Gasteiger charge is 2.55. The first kappa shape index (κ1) is 13.8. The van der Waals surface area contributed by atoms with E-state index in [1.54, 1.807) is 11.9 Å². The topological polar surface area (TPSA) is 88.2 Å². The summed E-state index contributed by atoms with van der Waals surface area (Å²) in [6, 6.07) is 0. The second-order valence-corrected chi connectivity index (χ2v) is 4.71. The van der Waals surface area contributed by atoms with Gasteiger partial charge in [0.05, 0.1) is 12.7 Å². The number of amidine groups is 1. The zero-order valence-corrected chi connectivity index (χ0v) is 10.6. The van der Waals surface area contributed by atoms with Crippen LogP contribution in [0.4, 0.5) is 0 Å². The summed E-state index contributed by atoms with van der Waals surface area (Å²) >= 11 is 0. The summed E-state index contributed by atoms with van der Waals surface area (Å²) in [6.07, 6.45) is 1.45. The number of hydrogen-bond acceptors (Lipinski definition) is 4. The van der Waals surface area contributed by atoms with Crippen LogP contribution < -0.4 is 5.73 Å². The van der Waals surface area contributed by atoms with Crippen LogP contribution in [-0.2, 0) is 9.53 Å². The van der Waals surface area contributed by atoms with E-state index in [1.165, 1.54) is 0 Å². The van der Waals surface area contributed by atoms with Gasteiger partial charge in [0.2, 0.25) is 5.91 Å². The van der Waals surface area contributed by atoms with Crippen LogP contribution in [0.25, 0.3) is 0 Å². The smallest absolute Gasteiger partial charge is 0.236 e. The molecule has 0 heterocycles. The lowest BCUT2D eigenvalue weighted by Gasteiger charge is -2.23. The molecule has 1 rings (SSSR count). The molecule has 98 valence electrons. The second kappa shape index (κ2) is 5.35. The average Bonchev–Trinajstić information content (AvgIpc) is 3.07. The van der Waals surface area contributed by atoms with E-state index in [0.29, 0.717) is 26.0 Å². The number of likely N-dealkylation sites (N-methyl/N-ethyl adjacent to an activating group) is 1. The van der Waals surface area contributed by atoms with Crippen molar-refractivity contribution in [3.8, 4) is 0 Å². The van der Waals surface area contributed by atoms with Gasteiger partial charge in [-0.1, -0.05) is 5.16 Å². The highest BCUT2D eigenvalue weighted by atomic mass is 16.5. The minimum Gasteiger partial charge on any atom is -0.409 e. The fourth-order valence-electron chi connectivity index (χ4n) is 1.69. The molecule has 1 amide bonds. The minimum atomic E-state index is -0.763. The summed E-state index contributed by atoms with van der Waals surface area (Å²) in [6.45, 7) is 4.89. The molecule has 1 saturated carbocycles. The van der Waals surface area contributed by atoms with Crippen molar-refractivity contribution in [1.82, 2.24) is 4.90 Å². The maximum absolute atomic E-state index is 12.1. The third-order valence-electron chi connectivity index (χ3n) is 2.98. The highest BCUT2D eigenvalue weighted by Crippen LogP contribution is 2.47. The summed E-state index contributed by atoms with van der Waals surface area (Å²) in [5.41, 5.74) is 4.79. The van der Waals surface area contributed by atoms with E-state index in [1.807, 2.05) is 13.8 Å². The lowest BCUT2D eigenvalue weighted by molar-refractivity contribution is -0.134. The maximum Gasteiger partial charge on any atom is 0.236 e. The molecule has 0 atom stereocenters. The number of amides is 1. The molecule has 1 aliphatic carbocycles. The summed E-state index contributed by atoms with van der Waals surface area (Å²) in [7, 11) is 1.71. The van der Waals surface area contributed by atoms with Crippen LogP contribution in [0.15, 0.2) is 5.16 Å². The third-order valence-corrected chi connectivity index (χ3v) is 2.98. The van der Waals surface area contributed by atoms with Crippen molar-refractivity contribution >= 4 is 11.7 Å². The number of oxime groups is 1. The van der Waals surface area contributed by atoms with Crippen molar-refractivity contribution < 1.29 is 14.7 Å². The molecule has 0 aromatic rings. The van der Waals surface area contributed by atoms with Crippen molar-refractivity contribution in [2.24, 2.45) is 16.3 Å². The van der Waals surface area contributed by atoms with Crippen LogP contribution in [-0.4, -0.2) is 48.2 Å². The Labute approximate surface area is 101 Å². The SMILES string of the molecule is CC(C)OCCN(C)C(=O)C1(C(N)=NO)CC1. The molecule has 0 aliphatic heterocycles. The number of nitrogens with two attached hydrogens (primary N) is 1. The van der Waals surface area contributed by atoms with Crippen LogP contribution in [0.3, 0.4) is 0 Å². The Bertz CT molecular complexity index is 311. The lowest BCUT2D eigenvalue weighted by Crippen LogP contribution is -2.43. The number of ether oxygens (including phenoxy) is 1. The Morgan fingerprint density at radius 3 is 2.59 bits per heavy atom. The number of carbonyl (C=O) groups is 1. The molecule has 0 bridgehead atoms. The molecule has 0 radical (unpaired) electrons. The molecule has 1 aliphatic rings. The molecular formula is C11H21N3O3. The Morgan fingerprint density at radius 1 is 1.59 bits per heavy atom. The summed E-state index contributed by atoms with van der Waals surface area (Å²) in [5.74, 6) is -0.0840. The highest BCUT2D eigenvalue weighted by molar-refractivity contribution is 6.09. The Kier molecular flexibility index (Phi) is 4.34. The van der Waals surface area contributed by atoms with Gasteiger partial charge in [-0.15, -0.1) is 0 Å². The predicted molar refractivity (Wildman–Crippen MR) is 63.8 cm³/mol. The number of rotatable bonds is 6. The quantitative estimate of drug-likeness (QED) is 0.306. The standard InChI is InChI=1S/C11H21N3O3/c1-8(2)17-7-6-14(3)10(15)11(4-5-11)9(12)13-16/h8,16H,4-7H2,1-3H3,(H2,12,13). The first-order valence-corrected chi connectivity index (χ1v) is 5.79. The first-order chi connectivity index (χ1) is 7.94. The van der Waals surface area contributed by atoms with Crippen LogP contribution >= 0.6 is 0 Å². The fourth-order valence-corrected chi connectivity index (χ4v) is 1.69. The van der Waals surface area contributed by atoms with Gasteiger partial charge in [-0.2, -0.15) is 0 Å². The largest absolute Gasteiger partial charge is 0.409 e. The van der Waals surface area contributed by atoms with Crippen LogP contribution in [0.2, 0.25) is 0 Å². The van der Waals surface area contributed by atoms with E-state index in [0.717, 1.165) is 0 Å². The molecule has 0 spiro atoms. The van der Waals surface area contributed by atoms with Crippen LogP contribution in [0.5, 0.6) is 0 Å². The lowest BCUT2D eigenvalue weighted by atomic mass is 10.0. The van der Waals surface area contributed by atoms with E-state index in [2.05, 4.69) is 5.16 Å². The van der Waals surface area contributed by atoms with Gasteiger partial charge < -0.3 is 20.6 Å². The van der Waals surface area contributed by atoms with Gasteiger partial charge >= 0.3 is 0 Å². The van der Waals surface area contributed by atoms with Gasteiger partial charge in [-0.3, -0.25) is 4.79 Å². The maximum atomic E-state index is 12.1. The van der Waals surface area contributed by atoms with E-state index in [-0.39, 0.29) is 17.8 Å². The fraction of sp³-hybridized carbons (Fsp3) is 0.818. The zero-order chi connectivity index (χ0) is 13.1. The first-order valence-electron chi connectivity index (χ1n) is 5.79. The van der Waals surface area contributed by atoms with Crippen molar-refractivity contribution in [2.75, 3.05) is 20.2 Å². The van der Waals surface area contributed by atoms with Gasteiger partial charge in [0.25, 0.3) is 0 Å². The van der Waals surface area contributed by atoms with E-state index >= 15 is 0 Å². The number of hydrogen-bond donors (Lipinski definition) is 2. The molecular weight excluding hydrogens is 222 g/mol. The molecule has 6 heteroatoms. The molecule has 17 heavy (non-hydrogen) atoms. The van der Waals surface area contributed by atoms with E-state index < -0.39 is 5.41 Å². The average molecular weight is 243 g/mol. The Balaban J connectivity index is 2.47. The predicted octanol–water partition coefficient (Wildman–Crippen LogP) is 0.396. The monoisotopic (exact) mass is 243 g/mol. The molecule has 3 N–H and O–H groups in total. The molecule has 6 nitrogen and oxygen atoms in total. The number of nitrogens with zero attached hydrogens (tertiary/aromatic N) is 2. The normalized spacial score (nSPS) is 18.2. The van der Waals surface area contributed by atoms with Crippen molar-refractivity contribution in [1.29, 1.82) is 0 Å². The van der Waals surface area contributed by atoms with Crippen molar-refractivity contribution in [2.45, 2.75) is 32.8 Å². The van der Waals surface area contributed by atoms with Gasteiger partial charge in [0.1, 0.15) is 5.41 Å². The van der Waals surface area contributed by atoms with Crippen molar-refractivity contribution in [3.63, 3.8) is 0 Å². The van der Waals surface area contributed by atoms with Gasteiger partial charge in [0, 0.05) is 13.6 Å². The second-order valence-electron chi connectivity index (χ2n) is 4.71. The van der Waals surface area contributed by atoms with E-state index in [9.17, 15) is 4.79 Å². The third kappa shape index (κ3) is 3.09. The summed E-state index contributed by atoms with van der Waals surface area (Å²) in [4.78, 5) is 13.7. The molecule has 0 unspecified atom stereocenters. The van der Waals surface area contributed by atoms with Crippen LogP contribution in [0.1, 0.15) is 26.7 Å². The van der Waals surface area contributed by atoms with Gasteiger partial charge in [0.15, 0.2) is 5.84 Å². The summed E-state index contributed by atoms with van der Waals surface area (Å²) < 4.78 is 5.38. The van der Waals surface area contributed by atoms with Crippen LogP contribution in [0, 0.1) is 5.41 Å². The molecule has 0 aromatic heterocycles. The number of carbonyl (C=O) groups excluding carboxylic acids is 1. The van der Waals surface area contributed by atoms with E-state index in [4.69, 9.17) is 15.7 Å². The Morgan fingerprint density at radius 2 is 2.18 bits per heavy atom. The minimum absolute atomic E-state index is 0.0131. The van der Waals surface area contributed by atoms with Gasteiger partial charge in [-0.25, -0.2) is 0 Å². The molecule has 0 saturated heterocycles. The van der Waals surface area contributed by atoms with Crippen molar-refractivity contribution in [3.05, 3.63) is 0 Å². The Hall–Kier alpha value is -1.30.